The van der Waals surface area contributed by atoms with Crippen molar-refractivity contribution < 1.29 is 4.79 Å². The molecule has 3 rings (SSSR count). The van der Waals surface area contributed by atoms with E-state index in [-0.39, 0.29) is 5.91 Å². The fraction of sp³-hybridized carbons (Fsp3) is 0.545. The van der Waals surface area contributed by atoms with Crippen molar-refractivity contribution in [2.75, 3.05) is 26.2 Å². The van der Waals surface area contributed by atoms with Gasteiger partial charge >= 0.3 is 0 Å². The van der Waals surface area contributed by atoms with Crippen LogP contribution in [0.25, 0.3) is 0 Å². The minimum atomic E-state index is 0.214. The maximum atomic E-state index is 12.1. The van der Waals surface area contributed by atoms with Crippen molar-refractivity contribution in [1.29, 1.82) is 0 Å². The van der Waals surface area contributed by atoms with E-state index in [0.717, 1.165) is 31.7 Å². The summed E-state index contributed by atoms with van der Waals surface area (Å²) in [6.45, 7) is 4.04. The Labute approximate surface area is 93.1 Å². The van der Waals surface area contributed by atoms with Crippen molar-refractivity contribution >= 4 is 17.2 Å². The number of likely N-dealkylation sites (tertiary alicyclic amines) is 1. The highest BCUT2D eigenvalue weighted by Gasteiger charge is 2.38. The summed E-state index contributed by atoms with van der Waals surface area (Å²) in [7, 11) is 0. The van der Waals surface area contributed by atoms with E-state index in [4.69, 9.17) is 0 Å². The summed E-state index contributed by atoms with van der Waals surface area (Å²) in [6, 6.07) is 1.92. The summed E-state index contributed by atoms with van der Waals surface area (Å²) in [6.07, 6.45) is 0. The van der Waals surface area contributed by atoms with Crippen LogP contribution in [0.1, 0.15) is 10.4 Å². The molecule has 0 aromatic carbocycles. The van der Waals surface area contributed by atoms with Gasteiger partial charge in [0.05, 0.1) is 5.56 Å². The molecule has 0 unspecified atom stereocenters. The molecule has 3 nitrogen and oxygen atoms in total. The third kappa shape index (κ3) is 1.58. The highest BCUT2D eigenvalue weighted by molar-refractivity contribution is 7.08. The first-order chi connectivity index (χ1) is 7.34. The fourth-order valence-corrected chi connectivity index (χ4v) is 3.22. The van der Waals surface area contributed by atoms with Gasteiger partial charge in [-0.15, -0.1) is 0 Å². The molecule has 15 heavy (non-hydrogen) atoms. The van der Waals surface area contributed by atoms with Crippen LogP contribution in [0.3, 0.4) is 0 Å². The number of nitrogens with zero attached hydrogens (tertiary/aromatic N) is 1. The van der Waals surface area contributed by atoms with Gasteiger partial charge in [-0.25, -0.2) is 0 Å². The molecule has 0 saturated carbocycles. The van der Waals surface area contributed by atoms with Gasteiger partial charge in [0.2, 0.25) is 0 Å². The van der Waals surface area contributed by atoms with Crippen LogP contribution < -0.4 is 5.32 Å². The number of carbonyl (C=O) groups is 1. The first-order valence-electron chi connectivity index (χ1n) is 5.37. The van der Waals surface area contributed by atoms with Crippen LogP contribution in [0.2, 0.25) is 0 Å². The molecule has 4 heteroatoms. The zero-order valence-electron chi connectivity index (χ0n) is 8.48. The van der Waals surface area contributed by atoms with E-state index < -0.39 is 0 Å². The van der Waals surface area contributed by atoms with E-state index >= 15 is 0 Å². The maximum absolute atomic E-state index is 12.1. The Morgan fingerprint density at radius 3 is 2.73 bits per heavy atom. The molecule has 2 aliphatic heterocycles. The average Bonchev–Trinajstić information content (AvgIpc) is 2.92. The Kier molecular flexibility index (Phi) is 2.25. The Balaban J connectivity index is 1.72. The van der Waals surface area contributed by atoms with Crippen LogP contribution in [-0.2, 0) is 0 Å². The molecule has 80 valence electrons. The normalized spacial score (nSPS) is 29.5. The molecule has 3 heterocycles. The van der Waals surface area contributed by atoms with Crippen molar-refractivity contribution in [3.8, 4) is 0 Å². The van der Waals surface area contributed by atoms with Crippen molar-refractivity contribution in [3.05, 3.63) is 22.4 Å². The number of fused-ring (bicyclic) bond motifs is 1. The number of thiophene rings is 1. The zero-order chi connectivity index (χ0) is 10.3. The third-order valence-electron chi connectivity index (χ3n) is 3.44. The molecule has 0 radical (unpaired) electrons. The second-order valence-electron chi connectivity index (χ2n) is 4.40. The lowest BCUT2D eigenvalue weighted by Crippen LogP contribution is -2.31. The Bertz CT molecular complexity index is 351. The van der Waals surface area contributed by atoms with Crippen molar-refractivity contribution in [1.82, 2.24) is 10.2 Å². The molecular formula is C11H14N2OS. The number of hydrogen-bond acceptors (Lipinski definition) is 3. The summed E-state index contributed by atoms with van der Waals surface area (Å²) in [5.41, 5.74) is 0.855. The summed E-state index contributed by atoms with van der Waals surface area (Å²) < 4.78 is 0. The van der Waals surface area contributed by atoms with Crippen molar-refractivity contribution in [2.45, 2.75) is 0 Å². The zero-order valence-corrected chi connectivity index (χ0v) is 9.30. The van der Waals surface area contributed by atoms with Crippen LogP contribution in [0.5, 0.6) is 0 Å². The lowest BCUT2D eigenvalue weighted by atomic mass is 10.0. The maximum Gasteiger partial charge on any atom is 0.254 e. The van der Waals surface area contributed by atoms with Crippen LogP contribution in [0, 0.1) is 11.8 Å². The Morgan fingerprint density at radius 1 is 1.40 bits per heavy atom. The van der Waals surface area contributed by atoms with Crippen LogP contribution in [0.4, 0.5) is 0 Å². The molecule has 0 bridgehead atoms. The molecule has 2 fully saturated rings. The van der Waals surface area contributed by atoms with E-state index in [2.05, 4.69) is 5.32 Å². The van der Waals surface area contributed by atoms with Gasteiger partial charge in [-0.05, 0) is 23.3 Å². The van der Waals surface area contributed by atoms with Crippen molar-refractivity contribution in [3.63, 3.8) is 0 Å². The van der Waals surface area contributed by atoms with Gasteiger partial charge in [0, 0.05) is 31.6 Å². The van der Waals surface area contributed by atoms with Gasteiger partial charge < -0.3 is 10.2 Å². The second-order valence-corrected chi connectivity index (χ2v) is 5.18. The average molecular weight is 222 g/mol. The van der Waals surface area contributed by atoms with Crippen LogP contribution in [-0.4, -0.2) is 37.0 Å². The SMILES string of the molecule is O=C(c1ccsc1)N1C[C@H]2CNC[C@H]2C1. The number of nitrogens with one attached hydrogen (secondary N) is 1. The number of carbonyl (C=O) groups excluding carboxylic acids is 1. The van der Waals surface area contributed by atoms with E-state index in [1.54, 1.807) is 11.3 Å². The topological polar surface area (TPSA) is 32.3 Å². The highest BCUT2D eigenvalue weighted by atomic mass is 32.1. The van der Waals surface area contributed by atoms with E-state index in [9.17, 15) is 4.79 Å². The van der Waals surface area contributed by atoms with Crippen LogP contribution in [0.15, 0.2) is 16.8 Å². The van der Waals surface area contributed by atoms with Crippen LogP contribution >= 0.6 is 11.3 Å². The summed E-state index contributed by atoms with van der Waals surface area (Å²) >= 11 is 1.59. The summed E-state index contributed by atoms with van der Waals surface area (Å²) in [5, 5.41) is 7.29. The molecule has 1 N–H and O–H groups in total. The summed E-state index contributed by atoms with van der Waals surface area (Å²) in [4.78, 5) is 14.1. The molecule has 2 saturated heterocycles. The van der Waals surface area contributed by atoms with E-state index in [0.29, 0.717) is 11.8 Å². The van der Waals surface area contributed by atoms with Gasteiger partial charge in [-0.3, -0.25) is 4.79 Å². The molecular weight excluding hydrogens is 208 g/mol. The lowest BCUT2D eigenvalue weighted by molar-refractivity contribution is 0.0782. The van der Waals surface area contributed by atoms with Gasteiger partial charge in [0.1, 0.15) is 0 Å². The van der Waals surface area contributed by atoms with E-state index in [1.807, 2.05) is 21.7 Å². The largest absolute Gasteiger partial charge is 0.338 e. The van der Waals surface area contributed by atoms with Gasteiger partial charge in [0.15, 0.2) is 0 Å². The van der Waals surface area contributed by atoms with Gasteiger partial charge in [-0.1, -0.05) is 0 Å². The Hall–Kier alpha value is -0.870. The number of rotatable bonds is 1. The predicted molar refractivity (Wildman–Crippen MR) is 60.1 cm³/mol. The molecule has 2 aliphatic rings. The molecule has 1 aromatic heterocycles. The number of hydrogen-bond donors (Lipinski definition) is 1. The Morgan fingerprint density at radius 2 is 2.13 bits per heavy atom. The summed E-state index contributed by atoms with van der Waals surface area (Å²) in [5.74, 6) is 1.59. The van der Waals surface area contributed by atoms with E-state index in [1.165, 1.54) is 0 Å². The molecule has 2 atom stereocenters. The molecule has 0 aliphatic carbocycles. The minimum absolute atomic E-state index is 0.214. The smallest absolute Gasteiger partial charge is 0.254 e. The standard InChI is InChI=1S/C11H14N2OS/c14-11(8-1-2-15-7-8)13-5-9-3-12-4-10(9)6-13/h1-2,7,9-10,12H,3-6H2/t9-,10+. The minimum Gasteiger partial charge on any atom is -0.338 e. The quantitative estimate of drug-likeness (QED) is 0.770. The lowest BCUT2D eigenvalue weighted by Gasteiger charge is -2.16. The second kappa shape index (κ2) is 3.61. The van der Waals surface area contributed by atoms with Gasteiger partial charge in [-0.2, -0.15) is 11.3 Å². The van der Waals surface area contributed by atoms with Gasteiger partial charge in [0.25, 0.3) is 5.91 Å². The highest BCUT2D eigenvalue weighted by Crippen LogP contribution is 2.27. The first-order valence-corrected chi connectivity index (χ1v) is 6.31. The van der Waals surface area contributed by atoms with Crippen molar-refractivity contribution in [2.24, 2.45) is 11.8 Å². The predicted octanol–water partition coefficient (Wildman–Crippen LogP) is 1.04. The molecule has 0 spiro atoms. The molecule has 1 amide bonds. The monoisotopic (exact) mass is 222 g/mol. The molecule has 1 aromatic rings. The third-order valence-corrected chi connectivity index (χ3v) is 4.13. The first kappa shape index (κ1) is 9.36. The fourth-order valence-electron chi connectivity index (χ4n) is 2.59. The number of amides is 1.